The maximum absolute atomic E-state index is 13.7. The standard InChI is InChI=1S/C34H42N4O5/c1-4-23-24-17-22(43-33(41)37-15-11-21(12-16-37)36-13-7-6-8-14-36)9-10-28(24)35-30-25(23)19-38-29(30)18-27-26(31(38)39)20-42-32(40)34(27,3)5-2/h9-10,17,21,29H,4-8,11-16,18-20H2,1-3H3/t29?,34-/m1/s1. The number of ether oxygens (including phenoxy) is 2. The minimum Gasteiger partial charge on any atom is -0.460 e. The molecule has 5 aliphatic heterocycles. The quantitative estimate of drug-likeness (QED) is 0.449. The number of esters is 1. The number of benzene rings is 1. The molecule has 0 saturated carbocycles. The number of cyclic esters (lactones) is 1. The molecule has 0 bridgehead atoms. The summed E-state index contributed by atoms with van der Waals surface area (Å²) in [6, 6.07) is 6.05. The first-order valence-corrected chi connectivity index (χ1v) is 16.2. The van der Waals surface area contributed by atoms with Crippen molar-refractivity contribution in [2.75, 3.05) is 32.8 Å². The number of rotatable bonds is 4. The van der Waals surface area contributed by atoms with Gasteiger partial charge < -0.3 is 24.2 Å². The van der Waals surface area contributed by atoms with Crippen LogP contribution in [0.25, 0.3) is 10.9 Å². The molecule has 7 rings (SSSR count). The highest BCUT2D eigenvalue weighted by Gasteiger charge is 2.51. The van der Waals surface area contributed by atoms with Crippen LogP contribution in [0.5, 0.6) is 5.75 Å². The van der Waals surface area contributed by atoms with Crippen molar-refractivity contribution >= 4 is 28.9 Å². The molecule has 43 heavy (non-hydrogen) atoms. The monoisotopic (exact) mass is 586 g/mol. The number of carbonyl (C=O) groups is 3. The summed E-state index contributed by atoms with van der Waals surface area (Å²) in [4.78, 5) is 51.1. The van der Waals surface area contributed by atoms with Crippen LogP contribution in [0.2, 0.25) is 0 Å². The van der Waals surface area contributed by atoms with Crippen LogP contribution in [0.1, 0.15) is 88.6 Å². The van der Waals surface area contributed by atoms with Crippen LogP contribution in [0.4, 0.5) is 4.79 Å². The van der Waals surface area contributed by atoms with E-state index in [2.05, 4.69) is 11.8 Å². The molecule has 2 aromatic rings. The Kier molecular flexibility index (Phi) is 7.19. The van der Waals surface area contributed by atoms with Gasteiger partial charge in [0.15, 0.2) is 0 Å². The molecule has 1 unspecified atom stereocenters. The fourth-order valence-corrected chi connectivity index (χ4v) is 8.10. The SMILES string of the molecule is CCc1c2c(nc3ccc(OC(=O)N4CCC(N5CCCCC5)CC4)cc13)C1CC3=C(COC(=O)[C@]3(C)CC)C(=O)N1C2. The topological polar surface area (TPSA) is 92.3 Å². The number of carbonyl (C=O) groups excluding carboxylic acids is 3. The average Bonchev–Trinajstić information content (AvgIpc) is 3.41. The van der Waals surface area contributed by atoms with Crippen molar-refractivity contribution in [1.29, 1.82) is 0 Å². The van der Waals surface area contributed by atoms with Gasteiger partial charge in [0.05, 0.1) is 28.2 Å². The van der Waals surface area contributed by atoms with E-state index in [0.29, 0.717) is 36.8 Å². The molecule has 5 aliphatic rings. The van der Waals surface area contributed by atoms with Crippen molar-refractivity contribution in [1.82, 2.24) is 19.7 Å². The van der Waals surface area contributed by atoms with E-state index in [4.69, 9.17) is 14.5 Å². The second kappa shape index (κ2) is 10.9. The van der Waals surface area contributed by atoms with Crippen LogP contribution in [0.15, 0.2) is 29.3 Å². The van der Waals surface area contributed by atoms with Crippen molar-refractivity contribution in [3.8, 4) is 5.75 Å². The zero-order valence-corrected chi connectivity index (χ0v) is 25.6. The highest BCUT2D eigenvalue weighted by Crippen LogP contribution is 2.51. The molecular weight excluding hydrogens is 544 g/mol. The van der Waals surface area contributed by atoms with Gasteiger partial charge in [-0.3, -0.25) is 14.6 Å². The summed E-state index contributed by atoms with van der Waals surface area (Å²) in [5.74, 6) is 0.217. The van der Waals surface area contributed by atoms with E-state index in [9.17, 15) is 14.4 Å². The number of piperidine rings is 2. The third-order valence-corrected chi connectivity index (χ3v) is 10.9. The molecule has 2 fully saturated rings. The number of nitrogens with zero attached hydrogens (tertiary/aromatic N) is 4. The highest BCUT2D eigenvalue weighted by atomic mass is 16.6. The fraction of sp³-hybridized carbons (Fsp3) is 0.588. The van der Waals surface area contributed by atoms with Crippen molar-refractivity contribution < 1.29 is 23.9 Å². The lowest BCUT2D eigenvalue weighted by molar-refractivity contribution is -0.155. The van der Waals surface area contributed by atoms with Crippen LogP contribution < -0.4 is 4.74 Å². The van der Waals surface area contributed by atoms with E-state index in [-0.39, 0.29) is 30.6 Å². The Morgan fingerprint density at radius 3 is 2.58 bits per heavy atom. The second-order valence-corrected chi connectivity index (χ2v) is 13.0. The summed E-state index contributed by atoms with van der Waals surface area (Å²) >= 11 is 0. The van der Waals surface area contributed by atoms with Gasteiger partial charge in [0.2, 0.25) is 0 Å². The molecule has 9 heteroatoms. The molecule has 2 saturated heterocycles. The van der Waals surface area contributed by atoms with Crippen LogP contribution in [-0.4, -0.2) is 76.5 Å². The van der Waals surface area contributed by atoms with Crippen molar-refractivity contribution in [2.45, 2.75) is 90.8 Å². The van der Waals surface area contributed by atoms with Crippen molar-refractivity contribution in [3.63, 3.8) is 0 Å². The Bertz CT molecular complexity index is 1520. The zero-order valence-electron chi connectivity index (χ0n) is 25.6. The molecule has 1 aromatic heterocycles. The third kappa shape index (κ3) is 4.62. The molecule has 2 atom stereocenters. The Labute approximate surface area is 253 Å². The van der Waals surface area contributed by atoms with Gasteiger partial charge in [-0.15, -0.1) is 0 Å². The molecule has 9 nitrogen and oxygen atoms in total. The Morgan fingerprint density at radius 2 is 1.86 bits per heavy atom. The van der Waals surface area contributed by atoms with Crippen molar-refractivity contribution in [2.24, 2.45) is 5.41 Å². The second-order valence-electron chi connectivity index (χ2n) is 13.0. The number of aromatic nitrogens is 1. The summed E-state index contributed by atoms with van der Waals surface area (Å²) in [5.41, 5.74) is 4.70. The lowest BCUT2D eigenvalue weighted by Crippen LogP contribution is -2.48. The summed E-state index contributed by atoms with van der Waals surface area (Å²) in [6.07, 6.45) is 7.54. The molecular formula is C34H42N4O5. The normalized spacial score (nSPS) is 26.3. The fourth-order valence-electron chi connectivity index (χ4n) is 8.10. The third-order valence-electron chi connectivity index (χ3n) is 10.9. The van der Waals surface area contributed by atoms with Gasteiger partial charge in [-0.25, -0.2) is 4.79 Å². The number of aryl methyl sites for hydroxylation is 1. The maximum Gasteiger partial charge on any atom is 0.415 e. The lowest BCUT2D eigenvalue weighted by atomic mass is 9.71. The van der Waals surface area contributed by atoms with Gasteiger partial charge in [-0.1, -0.05) is 20.3 Å². The smallest absolute Gasteiger partial charge is 0.415 e. The Balaban J connectivity index is 1.12. The predicted molar refractivity (Wildman–Crippen MR) is 161 cm³/mol. The van der Waals surface area contributed by atoms with E-state index in [1.807, 2.05) is 41.8 Å². The van der Waals surface area contributed by atoms with Gasteiger partial charge >= 0.3 is 12.1 Å². The summed E-state index contributed by atoms with van der Waals surface area (Å²) in [6.45, 7) is 10.3. The molecule has 228 valence electrons. The van der Waals surface area contributed by atoms with E-state index in [0.717, 1.165) is 65.6 Å². The Hall–Kier alpha value is -3.46. The molecule has 0 aliphatic carbocycles. The van der Waals surface area contributed by atoms with Gasteiger partial charge in [-0.05, 0) is 99.9 Å². The first kappa shape index (κ1) is 28.3. The Morgan fingerprint density at radius 1 is 1.09 bits per heavy atom. The first-order chi connectivity index (χ1) is 20.8. The van der Waals surface area contributed by atoms with Gasteiger partial charge in [0.25, 0.3) is 5.91 Å². The largest absolute Gasteiger partial charge is 0.460 e. The maximum atomic E-state index is 13.7. The number of hydrogen-bond donors (Lipinski definition) is 0. The molecule has 0 N–H and O–H groups in total. The van der Waals surface area contributed by atoms with Crippen LogP contribution in [0.3, 0.4) is 0 Å². The van der Waals surface area contributed by atoms with Gasteiger partial charge in [-0.2, -0.15) is 0 Å². The van der Waals surface area contributed by atoms with E-state index < -0.39 is 5.41 Å². The van der Waals surface area contributed by atoms with Gasteiger partial charge in [0, 0.05) is 31.1 Å². The average molecular weight is 587 g/mol. The van der Waals surface area contributed by atoms with Crippen LogP contribution in [-0.2, 0) is 27.3 Å². The summed E-state index contributed by atoms with van der Waals surface area (Å²) < 4.78 is 11.4. The van der Waals surface area contributed by atoms with Crippen LogP contribution >= 0.6 is 0 Å². The van der Waals surface area contributed by atoms with E-state index in [1.165, 1.54) is 32.4 Å². The van der Waals surface area contributed by atoms with Gasteiger partial charge in [0.1, 0.15) is 12.4 Å². The van der Waals surface area contributed by atoms with Crippen molar-refractivity contribution in [3.05, 3.63) is 46.2 Å². The molecule has 0 spiro atoms. The first-order valence-electron chi connectivity index (χ1n) is 16.2. The predicted octanol–water partition coefficient (Wildman–Crippen LogP) is 5.30. The summed E-state index contributed by atoms with van der Waals surface area (Å²) in [7, 11) is 0. The summed E-state index contributed by atoms with van der Waals surface area (Å²) in [5, 5.41) is 0.956. The van der Waals surface area contributed by atoms with E-state index in [1.54, 1.807) is 0 Å². The van der Waals surface area contributed by atoms with E-state index >= 15 is 0 Å². The molecule has 2 amide bonds. The zero-order chi connectivity index (χ0) is 29.9. The molecule has 6 heterocycles. The molecule has 0 radical (unpaired) electrons. The number of pyridine rings is 1. The molecule has 1 aromatic carbocycles. The highest BCUT2D eigenvalue weighted by molar-refractivity contribution is 6.00. The number of amides is 2. The number of likely N-dealkylation sites (tertiary alicyclic amines) is 2. The minimum atomic E-state index is -0.788. The van der Waals surface area contributed by atoms with Crippen LogP contribution in [0, 0.1) is 5.41 Å². The number of fused-ring (bicyclic) bond motifs is 4. The lowest BCUT2D eigenvalue weighted by Gasteiger charge is -2.42. The minimum absolute atomic E-state index is 0.0445. The number of hydrogen-bond acceptors (Lipinski definition) is 7.